The van der Waals surface area contributed by atoms with Crippen LogP contribution in [0, 0.1) is 6.92 Å². The number of hydrogen-bond acceptors (Lipinski definition) is 5. The van der Waals surface area contributed by atoms with Crippen molar-refractivity contribution in [2.45, 2.75) is 25.7 Å². The molecule has 23 heavy (non-hydrogen) atoms. The number of rotatable bonds is 4. The first kappa shape index (κ1) is 16.0. The minimum Gasteiger partial charge on any atom is -0.339 e. The third kappa shape index (κ3) is 4.30. The van der Waals surface area contributed by atoms with Gasteiger partial charge in [-0.1, -0.05) is 22.8 Å². The maximum absolute atomic E-state index is 12.1. The Kier molecular flexibility index (Phi) is 4.93. The lowest BCUT2D eigenvalue weighted by atomic mass is 9.97. The molecule has 1 amide bonds. The summed E-state index contributed by atoms with van der Waals surface area (Å²) >= 11 is 5.91. The van der Waals surface area contributed by atoms with Gasteiger partial charge in [0, 0.05) is 16.6 Å². The van der Waals surface area contributed by atoms with Crippen LogP contribution in [-0.4, -0.2) is 40.6 Å². The van der Waals surface area contributed by atoms with Gasteiger partial charge in [0.05, 0.1) is 6.54 Å². The first-order valence-corrected chi connectivity index (χ1v) is 8.06. The highest BCUT2D eigenvalue weighted by atomic mass is 35.5. The van der Waals surface area contributed by atoms with Crippen LogP contribution in [0.5, 0.6) is 0 Å². The van der Waals surface area contributed by atoms with Crippen molar-refractivity contribution in [3.63, 3.8) is 0 Å². The molecule has 122 valence electrons. The summed E-state index contributed by atoms with van der Waals surface area (Å²) in [7, 11) is 0. The molecule has 1 aromatic heterocycles. The zero-order chi connectivity index (χ0) is 16.2. The number of aromatic nitrogens is 2. The first-order valence-electron chi connectivity index (χ1n) is 7.68. The van der Waals surface area contributed by atoms with Crippen LogP contribution < -0.4 is 5.32 Å². The van der Waals surface area contributed by atoms with E-state index in [4.69, 9.17) is 16.1 Å². The number of aryl methyl sites for hydroxylation is 1. The van der Waals surface area contributed by atoms with E-state index in [1.54, 1.807) is 12.1 Å². The second-order valence-corrected chi connectivity index (χ2v) is 6.23. The number of carbonyl (C=O) groups excluding carboxylic acids is 1. The first-order chi connectivity index (χ1) is 11.1. The fourth-order valence-electron chi connectivity index (χ4n) is 2.79. The van der Waals surface area contributed by atoms with Crippen molar-refractivity contribution in [1.82, 2.24) is 15.0 Å². The average molecular weight is 335 g/mol. The van der Waals surface area contributed by atoms with Crippen LogP contribution in [0.4, 0.5) is 5.69 Å². The number of hydrogen-bond donors (Lipinski definition) is 1. The van der Waals surface area contributed by atoms with Gasteiger partial charge >= 0.3 is 0 Å². The molecule has 1 aliphatic rings. The Morgan fingerprint density at radius 1 is 1.43 bits per heavy atom. The number of carbonyl (C=O) groups is 1. The summed E-state index contributed by atoms with van der Waals surface area (Å²) in [5, 5.41) is 7.32. The maximum atomic E-state index is 12.1. The highest BCUT2D eigenvalue weighted by molar-refractivity contribution is 6.30. The van der Waals surface area contributed by atoms with Crippen molar-refractivity contribution in [3.8, 4) is 0 Å². The highest BCUT2D eigenvalue weighted by Crippen LogP contribution is 2.26. The van der Waals surface area contributed by atoms with Gasteiger partial charge in [-0.15, -0.1) is 0 Å². The fourth-order valence-corrected chi connectivity index (χ4v) is 2.98. The second-order valence-electron chi connectivity index (χ2n) is 5.79. The van der Waals surface area contributed by atoms with Gasteiger partial charge in [-0.25, -0.2) is 0 Å². The molecule has 1 aliphatic heterocycles. The molecule has 2 heterocycles. The van der Waals surface area contributed by atoms with E-state index < -0.39 is 0 Å². The zero-order valence-electron chi connectivity index (χ0n) is 13.0. The van der Waals surface area contributed by atoms with Gasteiger partial charge in [0.2, 0.25) is 11.8 Å². The van der Waals surface area contributed by atoms with E-state index >= 15 is 0 Å². The van der Waals surface area contributed by atoms with Crippen molar-refractivity contribution in [3.05, 3.63) is 41.0 Å². The second kappa shape index (κ2) is 7.10. The summed E-state index contributed by atoms with van der Waals surface area (Å²) in [6.45, 7) is 3.88. The smallest absolute Gasteiger partial charge is 0.238 e. The quantitative estimate of drug-likeness (QED) is 0.931. The van der Waals surface area contributed by atoms with Crippen LogP contribution >= 0.6 is 11.6 Å². The summed E-state index contributed by atoms with van der Waals surface area (Å²) in [5.41, 5.74) is 0.721. The molecular formula is C16H19ClN4O2. The van der Waals surface area contributed by atoms with Crippen molar-refractivity contribution >= 4 is 23.2 Å². The highest BCUT2D eigenvalue weighted by Gasteiger charge is 2.25. The molecule has 0 aliphatic carbocycles. The molecule has 0 saturated carbocycles. The molecule has 2 aromatic rings. The third-order valence-corrected chi connectivity index (χ3v) is 4.19. The molecule has 1 fully saturated rings. The average Bonchev–Trinajstić information content (AvgIpc) is 2.94. The Morgan fingerprint density at radius 3 is 2.87 bits per heavy atom. The molecule has 0 spiro atoms. The topological polar surface area (TPSA) is 71.3 Å². The molecule has 7 heteroatoms. The van der Waals surface area contributed by atoms with E-state index in [9.17, 15) is 4.79 Å². The Labute approximate surface area is 139 Å². The minimum absolute atomic E-state index is 0.0284. The summed E-state index contributed by atoms with van der Waals surface area (Å²) < 4.78 is 5.24. The van der Waals surface area contributed by atoms with Crippen LogP contribution in [-0.2, 0) is 4.79 Å². The van der Waals surface area contributed by atoms with Crippen LogP contribution in [0.2, 0.25) is 5.02 Å². The van der Waals surface area contributed by atoms with Gasteiger partial charge in [0.15, 0.2) is 5.82 Å². The molecule has 0 radical (unpaired) electrons. The summed E-state index contributed by atoms with van der Waals surface area (Å²) in [6.07, 6.45) is 1.85. The van der Waals surface area contributed by atoms with Gasteiger partial charge in [0.1, 0.15) is 0 Å². The minimum atomic E-state index is -0.0284. The molecule has 0 unspecified atom stereocenters. The lowest BCUT2D eigenvalue weighted by Gasteiger charge is -2.29. The van der Waals surface area contributed by atoms with Crippen LogP contribution in [0.1, 0.15) is 30.5 Å². The molecule has 3 rings (SSSR count). The number of likely N-dealkylation sites (tertiary alicyclic amines) is 1. The number of nitrogens with zero attached hydrogens (tertiary/aromatic N) is 3. The van der Waals surface area contributed by atoms with Crippen molar-refractivity contribution in [2.24, 2.45) is 0 Å². The Balaban J connectivity index is 1.47. The molecule has 1 saturated heterocycles. The largest absolute Gasteiger partial charge is 0.339 e. The number of piperidine rings is 1. The number of anilines is 1. The Morgan fingerprint density at radius 2 is 2.22 bits per heavy atom. The summed E-state index contributed by atoms with van der Waals surface area (Å²) in [6, 6.07) is 7.16. The number of halogens is 1. The number of amides is 1. The predicted molar refractivity (Wildman–Crippen MR) is 87.5 cm³/mol. The zero-order valence-corrected chi connectivity index (χ0v) is 13.7. The van der Waals surface area contributed by atoms with E-state index in [1.165, 1.54) is 0 Å². The lowest BCUT2D eigenvalue weighted by Crippen LogP contribution is -2.38. The number of nitrogens with one attached hydrogen (secondary N) is 1. The van der Waals surface area contributed by atoms with Gasteiger partial charge in [-0.05, 0) is 51.1 Å². The molecule has 1 aromatic carbocycles. The van der Waals surface area contributed by atoms with Crippen molar-refractivity contribution in [1.29, 1.82) is 0 Å². The van der Waals surface area contributed by atoms with E-state index in [0.29, 0.717) is 29.2 Å². The monoisotopic (exact) mass is 334 g/mol. The van der Waals surface area contributed by atoms with Gasteiger partial charge in [0.25, 0.3) is 0 Å². The van der Waals surface area contributed by atoms with E-state index in [1.807, 2.05) is 19.1 Å². The molecule has 6 nitrogen and oxygen atoms in total. The summed E-state index contributed by atoms with van der Waals surface area (Å²) in [5.74, 6) is 1.65. The summed E-state index contributed by atoms with van der Waals surface area (Å²) in [4.78, 5) is 18.5. The molecule has 1 N–H and O–H groups in total. The maximum Gasteiger partial charge on any atom is 0.238 e. The lowest BCUT2D eigenvalue weighted by molar-refractivity contribution is -0.117. The number of benzene rings is 1. The van der Waals surface area contributed by atoms with E-state index in [0.717, 1.165) is 31.6 Å². The van der Waals surface area contributed by atoms with Crippen LogP contribution in [0.15, 0.2) is 28.8 Å². The third-order valence-electron chi connectivity index (χ3n) is 3.96. The van der Waals surface area contributed by atoms with Gasteiger partial charge in [-0.3, -0.25) is 9.69 Å². The Hall–Kier alpha value is -1.92. The molecular weight excluding hydrogens is 316 g/mol. The normalized spacial score (nSPS) is 16.4. The molecule has 0 bridgehead atoms. The molecule has 0 atom stereocenters. The van der Waals surface area contributed by atoms with Crippen LogP contribution in [0.25, 0.3) is 0 Å². The van der Waals surface area contributed by atoms with Crippen molar-refractivity contribution < 1.29 is 9.32 Å². The predicted octanol–water partition coefficient (Wildman–Crippen LogP) is 2.85. The van der Waals surface area contributed by atoms with E-state index in [2.05, 4.69) is 20.4 Å². The van der Waals surface area contributed by atoms with Gasteiger partial charge in [-0.2, -0.15) is 4.98 Å². The standard InChI is InChI=1S/C16H19ClN4O2/c1-11-18-16(23-20-11)12-5-7-21(8-6-12)10-15(22)19-14-4-2-3-13(17)9-14/h2-4,9,12H,5-8,10H2,1H3,(H,19,22). The van der Waals surface area contributed by atoms with Gasteiger partial charge < -0.3 is 9.84 Å². The fraction of sp³-hybridized carbons (Fsp3) is 0.438. The Bertz CT molecular complexity index is 680. The SMILES string of the molecule is Cc1noc(C2CCN(CC(=O)Nc3cccc(Cl)c3)CC2)n1. The van der Waals surface area contributed by atoms with Crippen molar-refractivity contribution in [2.75, 3.05) is 25.0 Å². The van der Waals surface area contributed by atoms with Crippen LogP contribution in [0.3, 0.4) is 0 Å². The van der Waals surface area contributed by atoms with E-state index in [-0.39, 0.29) is 5.91 Å².